The Hall–Kier alpha value is -6.97. The van der Waals surface area contributed by atoms with E-state index in [2.05, 4.69) is 143 Å². The zero-order valence-electron chi connectivity index (χ0n) is 33.0. The van der Waals surface area contributed by atoms with Gasteiger partial charge < -0.3 is 9.67 Å². The molecule has 1 aliphatic heterocycles. The molecule has 1 unspecified atom stereocenters. The van der Waals surface area contributed by atoms with E-state index >= 15 is 0 Å². The number of fused-ring (bicyclic) bond motifs is 1. The molecule has 1 atom stereocenters. The molecule has 9 rings (SSSR count). The summed E-state index contributed by atoms with van der Waals surface area (Å²) in [5.41, 5.74) is 8.97. The van der Waals surface area contributed by atoms with Crippen molar-refractivity contribution in [1.29, 1.82) is 0 Å². The lowest BCUT2D eigenvalue weighted by atomic mass is 9.77. The Balaban J connectivity index is 1.10. The van der Waals surface area contributed by atoms with E-state index in [-0.39, 0.29) is 0 Å². The van der Waals surface area contributed by atoms with Crippen LogP contribution < -0.4 is 0 Å². The van der Waals surface area contributed by atoms with Crippen LogP contribution in [-0.4, -0.2) is 52.3 Å². The van der Waals surface area contributed by atoms with Crippen molar-refractivity contribution in [3.05, 3.63) is 215 Å². The van der Waals surface area contributed by atoms with Gasteiger partial charge in [0.15, 0.2) is 11.9 Å². The lowest BCUT2D eigenvalue weighted by molar-refractivity contribution is -0.144. The molecule has 0 spiro atoms. The first-order valence-electron chi connectivity index (χ1n) is 20.3. The summed E-state index contributed by atoms with van der Waals surface area (Å²) in [5.74, 6) is 0.719. The summed E-state index contributed by atoms with van der Waals surface area (Å²) >= 11 is 0. The maximum Gasteiger partial charge on any atom is 0.327 e. The molecule has 6 aromatic carbocycles. The topological polar surface area (TPSA) is 102 Å². The van der Waals surface area contributed by atoms with Gasteiger partial charge in [0.05, 0.1) is 11.4 Å². The van der Waals surface area contributed by atoms with Gasteiger partial charge in [-0.15, -0.1) is 5.10 Å². The first kappa shape index (κ1) is 37.6. The van der Waals surface area contributed by atoms with Crippen molar-refractivity contribution in [1.82, 2.24) is 34.7 Å². The fraction of sp³-hybridized carbons (Fsp3) is 0.180. The highest BCUT2D eigenvalue weighted by Crippen LogP contribution is 2.43. The fourth-order valence-electron chi connectivity index (χ4n) is 8.85. The van der Waals surface area contributed by atoms with Gasteiger partial charge in [0.2, 0.25) is 0 Å². The maximum atomic E-state index is 13.0. The number of benzene rings is 6. The number of carboxylic acid groups (broad SMARTS) is 1. The van der Waals surface area contributed by atoms with Crippen molar-refractivity contribution in [2.75, 3.05) is 6.54 Å². The second kappa shape index (κ2) is 16.5. The molecule has 9 heteroatoms. The molecular weight excluding hydrogens is 731 g/mol. The minimum atomic E-state index is -0.885. The number of aromatic nitrogens is 6. The summed E-state index contributed by atoms with van der Waals surface area (Å²) in [7, 11) is 0. The number of hydrogen-bond donors (Lipinski definition) is 1. The molecule has 0 bridgehead atoms. The second-order valence-corrected chi connectivity index (χ2v) is 15.1. The molecule has 292 valence electrons. The SMILES string of the molecule is CCCc1nc2c(n1Cc1ccc(-c3ccccc3-c3nnnn3C(c3ccccc3)(c3ccccc3)c3ccccc3)cc1)C(C(=O)O)N(Cc1ccccc1)CC2. The Bertz CT molecular complexity index is 2560. The summed E-state index contributed by atoms with van der Waals surface area (Å²) in [6, 6.07) is 57.4. The van der Waals surface area contributed by atoms with Gasteiger partial charge in [0, 0.05) is 38.0 Å². The number of tetrazole rings is 1. The van der Waals surface area contributed by atoms with Crippen molar-refractivity contribution in [2.45, 2.75) is 50.9 Å². The van der Waals surface area contributed by atoms with Gasteiger partial charge in [-0.1, -0.05) is 177 Å². The predicted molar refractivity (Wildman–Crippen MR) is 230 cm³/mol. The largest absolute Gasteiger partial charge is 0.480 e. The van der Waals surface area contributed by atoms with E-state index in [4.69, 9.17) is 15.3 Å². The molecule has 0 aliphatic carbocycles. The minimum Gasteiger partial charge on any atom is -0.480 e. The van der Waals surface area contributed by atoms with E-state index in [0.717, 1.165) is 74.6 Å². The van der Waals surface area contributed by atoms with Crippen LogP contribution in [0.5, 0.6) is 0 Å². The molecule has 2 aromatic heterocycles. The normalized spacial score (nSPS) is 14.2. The Morgan fingerprint density at radius 1 is 0.678 bits per heavy atom. The average molecular weight is 776 g/mol. The molecule has 0 amide bonds. The molecular formula is C50H45N7O2. The molecule has 9 nitrogen and oxygen atoms in total. The molecule has 1 N–H and O–H groups in total. The van der Waals surface area contributed by atoms with Crippen LogP contribution in [-0.2, 0) is 36.3 Å². The third-order valence-electron chi connectivity index (χ3n) is 11.5. The number of nitrogens with zero attached hydrogens (tertiary/aromatic N) is 7. The Labute approximate surface area is 344 Å². The molecule has 8 aromatic rings. The van der Waals surface area contributed by atoms with E-state index in [1.807, 2.05) is 53.2 Å². The fourth-order valence-corrected chi connectivity index (χ4v) is 8.85. The molecule has 1 aliphatic rings. The maximum absolute atomic E-state index is 13.0. The van der Waals surface area contributed by atoms with Crippen molar-refractivity contribution in [3.8, 4) is 22.5 Å². The zero-order chi connectivity index (χ0) is 40.2. The number of rotatable bonds is 13. The number of imidazole rings is 1. The number of carboxylic acids is 1. The van der Waals surface area contributed by atoms with Crippen LogP contribution >= 0.6 is 0 Å². The van der Waals surface area contributed by atoms with Crippen LogP contribution in [0.4, 0.5) is 0 Å². The smallest absolute Gasteiger partial charge is 0.327 e. The van der Waals surface area contributed by atoms with E-state index in [0.29, 0.717) is 31.9 Å². The molecule has 0 saturated carbocycles. The van der Waals surface area contributed by atoms with Crippen molar-refractivity contribution in [3.63, 3.8) is 0 Å². The summed E-state index contributed by atoms with van der Waals surface area (Å²) in [5, 5.41) is 24.6. The van der Waals surface area contributed by atoms with Crippen molar-refractivity contribution < 1.29 is 9.90 Å². The molecule has 59 heavy (non-hydrogen) atoms. The highest BCUT2D eigenvalue weighted by Gasteiger charge is 2.42. The molecule has 0 fully saturated rings. The van der Waals surface area contributed by atoms with Crippen LogP contribution in [0.15, 0.2) is 170 Å². The number of hydrogen-bond acceptors (Lipinski definition) is 6. The Morgan fingerprint density at radius 3 is 1.80 bits per heavy atom. The van der Waals surface area contributed by atoms with Gasteiger partial charge in [0.1, 0.15) is 11.4 Å². The number of carbonyl (C=O) groups is 1. The summed E-state index contributed by atoms with van der Waals surface area (Å²) in [6.45, 7) is 3.86. The van der Waals surface area contributed by atoms with Crippen LogP contribution in [0.1, 0.15) is 64.4 Å². The third-order valence-corrected chi connectivity index (χ3v) is 11.5. The lowest BCUT2D eigenvalue weighted by Crippen LogP contribution is -2.40. The average Bonchev–Trinajstić information content (AvgIpc) is 3.91. The van der Waals surface area contributed by atoms with E-state index in [1.165, 1.54) is 0 Å². The Morgan fingerprint density at radius 2 is 1.22 bits per heavy atom. The molecule has 0 radical (unpaired) electrons. The summed E-state index contributed by atoms with van der Waals surface area (Å²) in [4.78, 5) is 20.2. The minimum absolute atomic E-state index is 0.522. The monoisotopic (exact) mass is 775 g/mol. The van der Waals surface area contributed by atoms with E-state index in [9.17, 15) is 9.90 Å². The third kappa shape index (κ3) is 7.04. The van der Waals surface area contributed by atoms with Crippen LogP contribution in [0.25, 0.3) is 22.5 Å². The predicted octanol–water partition coefficient (Wildman–Crippen LogP) is 9.23. The van der Waals surface area contributed by atoms with E-state index < -0.39 is 17.6 Å². The van der Waals surface area contributed by atoms with Gasteiger partial charge in [-0.25, -0.2) is 9.67 Å². The number of aliphatic carboxylic acids is 1. The van der Waals surface area contributed by atoms with Gasteiger partial charge >= 0.3 is 5.97 Å². The highest BCUT2D eigenvalue weighted by atomic mass is 16.4. The van der Waals surface area contributed by atoms with Crippen LogP contribution in [0.2, 0.25) is 0 Å². The molecule has 3 heterocycles. The van der Waals surface area contributed by atoms with E-state index in [1.54, 1.807) is 0 Å². The van der Waals surface area contributed by atoms with Gasteiger partial charge in [0.25, 0.3) is 0 Å². The van der Waals surface area contributed by atoms with Crippen LogP contribution in [0, 0.1) is 0 Å². The van der Waals surface area contributed by atoms with Gasteiger partial charge in [-0.05, 0) is 55.8 Å². The quantitative estimate of drug-likeness (QED) is 0.117. The summed E-state index contributed by atoms with van der Waals surface area (Å²) < 4.78 is 4.14. The van der Waals surface area contributed by atoms with Crippen LogP contribution in [0.3, 0.4) is 0 Å². The standard InChI is InChI=1S/C50H45N7O2/c1-2-17-45-51-44-32-33-55(34-36-18-7-3-8-19-36)47(49(58)59)46(44)56(45)35-37-28-30-38(31-29-37)42-26-15-16-27-43(42)48-52-53-54-57(48)50(39-20-9-4-10-21-39,40-22-11-5-12-23-40)41-24-13-6-14-25-41/h3-16,18-31,47H,2,17,32-35H2,1H3,(H,58,59). The Kier molecular flexibility index (Phi) is 10.5. The molecule has 0 saturated heterocycles. The first-order valence-corrected chi connectivity index (χ1v) is 20.3. The van der Waals surface area contributed by atoms with Gasteiger partial charge in [-0.2, -0.15) is 0 Å². The van der Waals surface area contributed by atoms with Crippen molar-refractivity contribution >= 4 is 5.97 Å². The lowest BCUT2D eigenvalue weighted by Gasteiger charge is -2.36. The van der Waals surface area contributed by atoms with Crippen molar-refractivity contribution in [2.24, 2.45) is 0 Å². The van der Waals surface area contributed by atoms with Gasteiger partial charge in [-0.3, -0.25) is 9.69 Å². The zero-order valence-corrected chi connectivity index (χ0v) is 33.0. The first-order chi connectivity index (χ1) is 29.1. The summed E-state index contributed by atoms with van der Waals surface area (Å²) in [6.07, 6.45) is 2.40. The second-order valence-electron chi connectivity index (χ2n) is 15.1. The highest BCUT2D eigenvalue weighted by molar-refractivity contribution is 5.81. The number of aryl methyl sites for hydroxylation is 1.